The van der Waals surface area contributed by atoms with E-state index >= 15 is 0 Å². The van der Waals surface area contributed by atoms with Gasteiger partial charge in [-0.15, -0.1) is 0 Å². The second-order valence-electron chi connectivity index (χ2n) is 13.5. The molecule has 0 N–H and O–H groups in total. The Morgan fingerprint density at radius 2 is 1.91 bits per heavy atom. The second-order valence-corrected chi connectivity index (χ2v) is 13.5. The van der Waals surface area contributed by atoms with Crippen molar-refractivity contribution >= 4 is 28.4 Å². The van der Waals surface area contributed by atoms with Crippen LogP contribution in [0.1, 0.15) is 51.3 Å². The van der Waals surface area contributed by atoms with Gasteiger partial charge in [0.2, 0.25) is 0 Å². The molecule has 46 heavy (non-hydrogen) atoms. The Morgan fingerprint density at radius 1 is 1.07 bits per heavy atom. The van der Waals surface area contributed by atoms with Crippen LogP contribution in [0.4, 0.5) is 16.3 Å². The van der Waals surface area contributed by atoms with Gasteiger partial charge in [0, 0.05) is 48.9 Å². The third-order valence-corrected chi connectivity index (χ3v) is 9.24. The van der Waals surface area contributed by atoms with Gasteiger partial charge in [0.1, 0.15) is 23.8 Å². The molecule has 6 rings (SSSR count). The van der Waals surface area contributed by atoms with Crippen molar-refractivity contribution in [2.75, 3.05) is 63.3 Å². The standard InChI is InChI=1S/C35H45N7O4/c1-35(2,3)46-34(43)42-19-18-41(21-25(42)13-15-36)32-28-14-17-40(31-10-6-8-24-11-12-27(44-5)20-29(24)31)22-30(28)37-33(38-32)45-23-26-9-7-16-39(26)4/h6,8,10-12,20,25-26H,7,9,13-14,16-19,21-23H2,1-5H3/t25?,26-/m0/s1. The molecule has 2 fully saturated rings. The van der Waals surface area contributed by atoms with Crippen molar-refractivity contribution in [3.8, 4) is 17.8 Å². The first-order valence-electron chi connectivity index (χ1n) is 16.3. The van der Waals surface area contributed by atoms with Gasteiger partial charge in [0.15, 0.2) is 0 Å². The summed E-state index contributed by atoms with van der Waals surface area (Å²) in [5, 5.41) is 12.0. The van der Waals surface area contributed by atoms with Crippen LogP contribution < -0.4 is 19.3 Å². The van der Waals surface area contributed by atoms with E-state index in [0.717, 1.165) is 71.6 Å². The van der Waals surface area contributed by atoms with E-state index in [-0.39, 0.29) is 18.6 Å². The van der Waals surface area contributed by atoms with Crippen LogP contribution in [0.25, 0.3) is 10.8 Å². The second kappa shape index (κ2) is 13.2. The number of likely N-dealkylation sites (tertiary alicyclic amines) is 1. The van der Waals surface area contributed by atoms with E-state index in [1.54, 1.807) is 12.0 Å². The van der Waals surface area contributed by atoms with Gasteiger partial charge in [0.05, 0.1) is 37.9 Å². The lowest BCUT2D eigenvalue weighted by Crippen LogP contribution is -2.56. The molecular weight excluding hydrogens is 582 g/mol. The Labute approximate surface area is 271 Å². The maximum absolute atomic E-state index is 13.1. The minimum atomic E-state index is -0.613. The molecule has 1 unspecified atom stereocenters. The number of fused-ring (bicyclic) bond motifs is 2. The number of rotatable bonds is 7. The number of hydrogen-bond donors (Lipinski definition) is 0. The number of piperazine rings is 1. The Balaban J connectivity index is 1.31. The maximum Gasteiger partial charge on any atom is 0.410 e. The lowest BCUT2D eigenvalue weighted by molar-refractivity contribution is 0.0144. The van der Waals surface area contributed by atoms with Crippen LogP contribution in [-0.2, 0) is 17.7 Å². The number of likely N-dealkylation sites (N-methyl/N-ethyl adjacent to an activating group) is 1. The average molecular weight is 628 g/mol. The summed E-state index contributed by atoms with van der Waals surface area (Å²) >= 11 is 0. The quantitative estimate of drug-likeness (QED) is 0.355. The fraction of sp³-hybridized carbons (Fsp3) is 0.543. The molecule has 3 aromatic rings. The zero-order valence-electron chi connectivity index (χ0n) is 27.7. The van der Waals surface area contributed by atoms with Crippen molar-refractivity contribution in [2.45, 2.75) is 70.7 Å². The molecule has 0 radical (unpaired) electrons. The number of methoxy groups -OCH3 is 1. The summed E-state index contributed by atoms with van der Waals surface area (Å²) in [6.45, 7) is 10.1. The average Bonchev–Trinajstić information content (AvgIpc) is 3.46. The number of anilines is 2. The lowest BCUT2D eigenvalue weighted by atomic mass is 10.0. The highest BCUT2D eigenvalue weighted by Crippen LogP contribution is 2.36. The molecule has 244 valence electrons. The number of benzene rings is 2. The molecule has 3 aliphatic heterocycles. The molecule has 2 atom stereocenters. The van der Waals surface area contributed by atoms with Crippen LogP contribution >= 0.6 is 0 Å². The number of nitriles is 1. The van der Waals surface area contributed by atoms with Gasteiger partial charge in [0.25, 0.3) is 0 Å². The Morgan fingerprint density at radius 3 is 2.65 bits per heavy atom. The molecule has 11 heteroatoms. The van der Waals surface area contributed by atoms with Gasteiger partial charge < -0.3 is 33.8 Å². The van der Waals surface area contributed by atoms with Crippen molar-refractivity contribution in [2.24, 2.45) is 0 Å². The van der Waals surface area contributed by atoms with Crippen LogP contribution in [0.3, 0.4) is 0 Å². The van der Waals surface area contributed by atoms with Crippen LogP contribution in [-0.4, -0.2) is 97.0 Å². The van der Waals surface area contributed by atoms with E-state index in [0.29, 0.717) is 44.8 Å². The predicted molar refractivity (Wildman–Crippen MR) is 178 cm³/mol. The summed E-state index contributed by atoms with van der Waals surface area (Å²) < 4.78 is 17.6. The fourth-order valence-corrected chi connectivity index (χ4v) is 6.81. The minimum absolute atomic E-state index is 0.207. The summed E-state index contributed by atoms with van der Waals surface area (Å²) in [6, 6.07) is 15.2. The molecule has 0 bridgehead atoms. The third kappa shape index (κ3) is 6.77. The SMILES string of the molecule is COc1ccc2cccc(N3CCc4c(nc(OC[C@@H]5CCCN5C)nc4N4CCN(C(=O)OC(C)(C)C)C(CC#N)C4)C3)c2c1. The van der Waals surface area contributed by atoms with Gasteiger partial charge in [-0.05, 0) is 77.2 Å². The molecule has 2 aromatic carbocycles. The fourth-order valence-electron chi connectivity index (χ4n) is 6.81. The molecule has 1 amide bonds. The molecule has 3 aliphatic rings. The van der Waals surface area contributed by atoms with Crippen molar-refractivity contribution in [3.63, 3.8) is 0 Å². The highest BCUT2D eigenvalue weighted by atomic mass is 16.6. The van der Waals surface area contributed by atoms with Gasteiger partial charge >= 0.3 is 12.1 Å². The molecular formula is C35H45N7O4. The first-order valence-corrected chi connectivity index (χ1v) is 16.3. The van der Waals surface area contributed by atoms with Crippen molar-refractivity contribution in [1.29, 1.82) is 5.26 Å². The number of nitrogens with zero attached hydrogens (tertiary/aromatic N) is 7. The number of carbonyl (C=O) groups excluding carboxylic acids is 1. The number of carbonyl (C=O) groups is 1. The highest BCUT2D eigenvalue weighted by molar-refractivity contribution is 5.95. The van der Waals surface area contributed by atoms with Gasteiger partial charge in [-0.25, -0.2) is 4.79 Å². The van der Waals surface area contributed by atoms with Crippen LogP contribution in [0, 0.1) is 11.3 Å². The van der Waals surface area contributed by atoms with E-state index in [9.17, 15) is 10.1 Å². The van der Waals surface area contributed by atoms with Crippen molar-refractivity contribution in [3.05, 3.63) is 47.7 Å². The molecule has 2 saturated heterocycles. The summed E-state index contributed by atoms with van der Waals surface area (Å²) in [4.78, 5) is 31.7. The lowest BCUT2D eigenvalue weighted by Gasteiger charge is -2.42. The molecule has 0 spiro atoms. The smallest absolute Gasteiger partial charge is 0.410 e. The minimum Gasteiger partial charge on any atom is -0.497 e. The van der Waals surface area contributed by atoms with E-state index in [1.807, 2.05) is 26.8 Å². The number of ether oxygens (including phenoxy) is 3. The normalized spacial score (nSPS) is 20.4. The summed E-state index contributed by atoms with van der Waals surface area (Å²) in [5.74, 6) is 1.66. The largest absolute Gasteiger partial charge is 0.497 e. The number of aromatic nitrogens is 2. The topological polar surface area (TPSA) is 107 Å². The van der Waals surface area contributed by atoms with E-state index < -0.39 is 5.60 Å². The summed E-state index contributed by atoms with van der Waals surface area (Å²) in [7, 11) is 3.83. The molecule has 1 aromatic heterocycles. The van der Waals surface area contributed by atoms with Crippen LogP contribution in [0.15, 0.2) is 36.4 Å². The summed E-state index contributed by atoms with van der Waals surface area (Å²) in [6.07, 6.45) is 2.83. The number of amides is 1. The predicted octanol–water partition coefficient (Wildman–Crippen LogP) is 5.01. The maximum atomic E-state index is 13.1. The Bertz CT molecular complexity index is 1620. The molecule has 0 aliphatic carbocycles. The molecule has 4 heterocycles. The van der Waals surface area contributed by atoms with E-state index in [2.05, 4.69) is 58.1 Å². The van der Waals surface area contributed by atoms with Crippen molar-refractivity contribution < 1.29 is 19.0 Å². The van der Waals surface area contributed by atoms with E-state index in [4.69, 9.17) is 24.2 Å². The Kier molecular flexibility index (Phi) is 9.09. The first-order chi connectivity index (χ1) is 22.1. The van der Waals surface area contributed by atoms with Crippen LogP contribution in [0.5, 0.6) is 11.8 Å². The molecule has 0 saturated carbocycles. The first kappa shape index (κ1) is 31.7. The molecule has 11 nitrogen and oxygen atoms in total. The summed E-state index contributed by atoms with van der Waals surface area (Å²) in [5.41, 5.74) is 2.56. The van der Waals surface area contributed by atoms with Gasteiger partial charge in [-0.1, -0.05) is 18.2 Å². The number of hydrogen-bond acceptors (Lipinski definition) is 10. The monoisotopic (exact) mass is 627 g/mol. The highest BCUT2D eigenvalue weighted by Gasteiger charge is 2.36. The zero-order valence-corrected chi connectivity index (χ0v) is 27.7. The van der Waals surface area contributed by atoms with E-state index in [1.165, 1.54) is 0 Å². The van der Waals surface area contributed by atoms with Crippen LogP contribution in [0.2, 0.25) is 0 Å². The Hall–Kier alpha value is -4.30. The van der Waals surface area contributed by atoms with Crippen molar-refractivity contribution in [1.82, 2.24) is 19.8 Å². The zero-order chi connectivity index (χ0) is 32.4. The van der Waals surface area contributed by atoms with Gasteiger partial charge in [-0.3, -0.25) is 0 Å². The third-order valence-electron chi connectivity index (χ3n) is 9.24. The van der Waals surface area contributed by atoms with Gasteiger partial charge in [-0.2, -0.15) is 15.2 Å².